The number of carbonyl (C=O) groups excluding carboxylic acids is 1. The van der Waals surface area contributed by atoms with E-state index in [9.17, 15) is 55.9 Å². The van der Waals surface area contributed by atoms with E-state index in [0.717, 1.165) is 31.3 Å². The topological polar surface area (TPSA) is 275 Å². The molecule has 0 radical (unpaired) electrons. The van der Waals surface area contributed by atoms with Crippen LogP contribution in [0, 0.1) is 50.2 Å². The fourth-order valence-corrected chi connectivity index (χ4v) is 14.7. The Labute approximate surface area is 376 Å². The number of hydrogen-bond acceptors (Lipinski definition) is 17. The highest BCUT2D eigenvalue weighted by Crippen LogP contribution is 2.76. The molecule has 8 rings (SSSR count). The average Bonchev–Trinajstić information content (AvgIpc) is 3.24. The van der Waals surface area contributed by atoms with Crippen LogP contribution >= 0.6 is 0 Å². The molecule has 3 heterocycles. The van der Waals surface area contributed by atoms with Crippen LogP contribution in [-0.4, -0.2) is 168 Å². The number of aliphatic hydroxyl groups excluding tert-OH is 10. The molecule has 8 aliphatic rings. The van der Waals surface area contributed by atoms with E-state index in [-0.39, 0.29) is 35.4 Å². The summed E-state index contributed by atoms with van der Waals surface area (Å²) in [4.78, 5) is 14.7. The Bertz CT molecular complexity index is 1760. The molecule has 10 N–H and O–H groups in total. The lowest BCUT2D eigenvalue weighted by Crippen LogP contribution is -2.67. The molecule has 0 aromatic heterocycles. The van der Waals surface area contributed by atoms with Gasteiger partial charge in [0.2, 0.25) is 6.29 Å². The summed E-state index contributed by atoms with van der Waals surface area (Å²) in [7, 11) is 0. The van der Waals surface area contributed by atoms with Gasteiger partial charge in [0.25, 0.3) is 0 Å². The largest absolute Gasteiger partial charge is 0.432 e. The van der Waals surface area contributed by atoms with Crippen molar-refractivity contribution in [3.63, 3.8) is 0 Å². The summed E-state index contributed by atoms with van der Waals surface area (Å²) < 4.78 is 36.1. The number of fused-ring (bicyclic) bond motifs is 7. The lowest BCUT2D eigenvalue weighted by molar-refractivity contribution is -0.364. The van der Waals surface area contributed by atoms with Crippen LogP contribution < -0.4 is 0 Å². The number of aliphatic hydroxyl groups is 10. The Kier molecular flexibility index (Phi) is 13.0. The van der Waals surface area contributed by atoms with Gasteiger partial charge in [-0.1, -0.05) is 60.1 Å². The fraction of sp³-hybridized carbons (Fsp3) is 0.936. The molecule has 3 aliphatic heterocycles. The fourth-order valence-electron chi connectivity index (χ4n) is 14.7. The predicted octanol–water partition coefficient (Wildman–Crippen LogP) is 0.778. The van der Waals surface area contributed by atoms with E-state index in [0.29, 0.717) is 32.1 Å². The van der Waals surface area contributed by atoms with E-state index in [1.165, 1.54) is 6.92 Å². The first kappa shape index (κ1) is 49.0. The molecule has 17 nitrogen and oxygen atoms in total. The number of rotatable bonds is 7. The molecule has 0 spiro atoms. The molecule has 3 saturated heterocycles. The van der Waals surface area contributed by atoms with Crippen molar-refractivity contribution in [2.45, 2.75) is 211 Å². The minimum Gasteiger partial charge on any atom is -0.432 e. The summed E-state index contributed by atoms with van der Waals surface area (Å²) in [5.41, 5.74) is -1.82. The van der Waals surface area contributed by atoms with E-state index in [4.69, 9.17) is 28.4 Å². The van der Waals surface area contributed by atoms with Crippen molar-refractivity contribution in [3.05, 3.63) is 11.6 Å². The van der Waals surface area contributed by atoms with Gasteiger partial charge in [-0.2, -0.15) is 0 Å². The Morgan fingerprint density at radius 1 is 0.703 bits per heavy atom. The molecule has 0 aromatic rings. The number of esters is 1. The zero-order valence-corrected chi connectivity index (χ0v) is 38.7. The van der Waals surface area contributed by atoms with Crippen molar-refractivity contribution < 1.29 is 84.3 Å². The van der Waals surface area contributed by atoms with E-state index in [1.807, 2.05) is 13.8 Å². The summed E-state index contributed by atoms with van der Waals surface area (Å²) in [5.74, 6) is -0.812. The van der Waals surface area contributed by atoms with Crippen LogP contribution in [0.3, 0.4) is 0 Å². The molecular weight excluding hydrogens is 837 g/mol. The molecule has 5 aliphatic carbocycles. The zero-order chi connectivity index (χ0) is 46.9. The van der Waals surface area contributed by atoms with E-state index >= 15 is 0 Å². The van der Waals surface area contributed by atoms with Gasteiger partial charge in [-0.05, 0) is 104 Å². The molecule has 366 valence electrons. The number of ether oxygens (including phenoxy) is 6. The molecular formula is C47H76O17. The van der Waals surface area contributed by atoms with Gasteiger partial charge in [-0.3, -0.25) is 4.79 Å². The summed E-state index contributed by atoms with van der Waals surface area (Å²) >= 11 is 0. The van der Waals surface area contributed by atoms with Gasteiger partial charge in [-0.15, -0.1) is 0 Å². The molecule has 0 unspecified atom stereocenters. The lowest BCUT2D eigenvalue weighted by atomic mass is 9.33. The Morgan fingerprint density at radius 2 is 1.36 bits per heavy atom. The van der Waals surface area contributed by atoms with E-state index in [2.05, 4.69) is 40.7 Å². The number of hydrogen-bond donors (Lipinski definition) is 10. The highest BCUT2D eigenvalue weighted by molar-refractivity contribution is 5.79. The minimum atomic E-state index is -1.74. The molecule has 4 saturated carbocycles. The van der Waals surface area contributed by atoms with Gasteiger partial charge in [0, 0.05) is 5.92 Å². The molecule has 7 fully saturated rings. The van der Waals surface area contributed by atoms with Gasteiger partial charge in [0.05, 0.1) is 36.9 Å². The Balaban J connectivity index is 1.05. The zero-order valence-electron chi connectivity index (χ0n) is 38.7. The normalized spacial score (nSPS) is 54.6. The van der Waals surface area contributed by atoms with Crippen molar-refractivity contribution in [1.82, 2.24) is 0 Å². The third-order valence-electron chi connectivity index (χ3n) is 19.1. The lowest BCUT2D eigenvalue weighted by Gasteiger charge is -2.71. The first-order valence-corrected chi connectivity index (χ1v) is 23.7. The molecule has 23 atom stereocenters. The van der Waals surface area contributed by atoms with E-state index < -0.39 is 132 Å². The predicted molar refractivity (Wildman–Crippen MR) is 224 cm³/mol. The second-order valence-corrected chi connectivity index (χ2v) is 23.0. The van der Waals surface area contributed by atoms with Gasteiger partial charge in [0.15, 0.2) is 12.6 Å². The molecule has 64 heavy (non-hydrogen) atoms. The van der Waals surface area contributed by atoms with Crippen LogP contribution in [0.25, 0.3) is 0 Å². The second-order valence-electron chi connectivity index (χ2n) is 23.0. The van der Waals surface area contributed by atoms with E-state index in [1.54, 1.807) is 0 Å². The summed E-state index contributed by atoms with van der Waals surface area (Å²) in [6, 6.07) is 0. The standard InChI is InChI=1S/C47H76O17/c1-21-29(50)32(53)34(55)38(60-21)63-36-30(51)23(49)20-59-40(36)62-27-12-13-44(6)25(43(27,4)5)11-14-46(8)26(44)10-9-22-28-37(57)42(2,3)15-17-47(28,18-16-45(22,46)7)41(58)64-39-35(56)33(54)31(52)24(19-48)61-39/h9,21,23-40,48-57H,10-20H2,1-8H3/t21-,23-,24-,25-,26-,27-,28+,29-,30+,31-,32+,33+,34-,35-,36-,37+,38+,39+,40+,44-,45+,46+,47+/m0/s1. The van der Waals surface area contributed by atoms with Crippen LogP contribution in [0.1, 0.15) is 113 Å². The van der Waals surface area contributed by atoms with Gasteiger partial charge in [0.1, 0.15) is 61.0 Å². The minimum absolute atomic E-state index is 0.158. The van der Waals surface area contributed by atoms with Crippen LogP contribution in [0.15, 0.2) is 11.6 Å². The third kappa shape index (κ3) is 7.31. The molecule has 17 heteroatoms. The van der Waals surface area contributed by atoms with Crippen LogP contribution in [0.5, 0.6) is 0 Å². The molecule has 0 bridgehead atoms. The van der Waals surface area contributed by atoms with Gasteiger partial charge >= 0.3 is 5.97 Å². The first-order valence-electron chi connectivity index (χ1n) is 23.7. The van der Waals surface area contributed by atoms with Crippen molar-refractivity contribution >= 4 is 5.97 Å². The van der Waals surface area contributed by atoms with Gasteiger partial charge < -0.3 is 79.5 Å². The maximum atomic E-state index is 14.7. The summed E-state index contributed by atoms with van der Waals surface area (Å²) in [6.07, 6.45) is -12.9. The Morgan fingerprint density at radius 3 is 2.05 bits per heavy atom. The van der Waals surface area contributed by atoms with Crippen molar-refractivity contribution in [2.75, 3.05) is 13.2 Å². The third-order valence-corrected chi connectivity index (χ3v) is 19.1. The van der Waals surface area contributed by atoms with Crippen molar-refractivity contribution in [1.29, 1.82) is 0 Å². The molecule has 0 amide bonds. The highest BCUT2D eigenvalue weighted by atomic mass is 16.8. The van der Waals surface area contributed by atoms with Crippen LogP contribution in [-0.2, 0) is 33.2 Å². The van der Waals surface area contributed by atoms with Crippen molar-refractivity contribution in [3.8, 4) is 0 Å². The number of allylic oxidation sites excluding steroid dienone is 1. The maximum absolute atomic E-state index is 14.7. The summed E-state index contributed by atoms with van der Waals surface area (Å²) in [5, 5.41) is 107. The van der Waals surface area contributed by atoms with Crippen LogP contribution in [0.2, 0.25) is 0 Å². The first-order chi connectivity index (χ1) is 29.8. The van der Waals surface area contributed by atoms with Crippen molar-refractivity contribution in [2.24, 2.45) is 50.2 Å². The Hall–Kier alpha value is -1.39. The summed E-state index contributed by atoms with van der Waals surface area (Å²) in [6.45, 7) is 16.2. The quantitative estimate of drug-likeness (QED) is 0.0960. The SMILES string of the molecule is C[C@@H]1O[C@H](O[C@@H]2[C@@H](O[C@H]3CC[C@@]4(C)[C@@H](CC[C@]5(C)[C@H]4CC=C4[C@@H]6[C@@H](O)C(C)(C)CC[C@@]6(C(=O)O[C@H]6O[C@@H](CO)[C@H](O)[C@@H](O)[C@@H]6O)CC[C@]45C)C3(C)C)OC[C@H](O)[C@H]2O)[C@@H](O)[C@H](O)[C@H]1O. The second kappa shape index (κ2) is 16.9. The number of carbonyl (C=O) groups is 1. The van der Waals surface area contributed by atoms with Gasteiger partial charge in [-0.25, -0.2) is 0 Å². The highest BCUT2D eigenvalue weighted by Gasteiger charge is 2.71. The maximum Gasteiger partial charge on any atom is 0.315 e. The average molecular weight is 913 g/mol. The monoisotopic (exact) mass is 913 g/mol. The van der Waals surface area contributed by atoms with Crippen LogP contribution in [0.4, 0.5) is 0 Å². The smallest absolute Gasteiger partial charge is 0.315 e. The molecule has 0 aromatic carbocycles.